The first-order chi connectivity index (χ1) is 8.19. The number of piperidine rings is 1. The van der Waals surface area contributed by atoms with E-state index in [9.17, 15) is 4.79 Å². The quantitative estimate of drug-likeness (QED) is 0.385. The van der Waals surface area contributed by atoms with Crippen LogP contribution in [0.1, 0.15) is 29.2 Å². The predicted molar refractivity (Wildman–Crippen MR) is 62.8 cm³/mol. The van der Waals surface area contributed by atoms with Crippen LogP contribution in [0.5, 0.6) is 0 Å². The lowest BCUT2D eigenvalue weighted by Gasteiger charge is -2.29. The molecular weight excluding hydrogens is 220 g/mol. The molecule has 6 heteroatoms. The van der Waals surface area contributed by atoms with Crippen LogP contribution in [0.2, 0.25) is 0 Å². The van der Waals surface area contributed by atoms with Crippen LogP contribution in [-0.2, 0) is 6.54 Å². The molecule has 1 saturated heterocycles. The third kappa shape index (κ3) is 3.06. The third-order valence-corrected chi connectivity index (χ3v) is 3.03. The minimum Gasteiger partial charge on any atom is -0.455 e. The largest absolute Gasteiger partial charge is 0.455 e. The Morgan fingerprint density at radius 3 is 2.82 bits per heavy atom. The molecule has 2 heterocycles. The summed E-state index contributed by atoms with van der Waals surface area (Å²) < 4.78 is 5.40. The van der Waals surface area contributed by atoms with Crippen molar-refractivity contribution >= 4 is 5.91 Å². The van der Waals surface area contributed by atoms with E-state index in [0.29, 0.717) is 12.6 Å². The number of rotatable bonds is 3. The van der Waals surface area contributed by atoms with Gasteiger partial charge in [0.2, 0.25) is 0 Å². The van der Waals surface area contributed by atoms with E-state index >= 15 is 0 Å². The van der Waals surface area contributed by atoms with E-state index in [1.54, 1.807) is 12.1 Å². The highest BCUT2D eigenvalue weighted by Gasteiger charge is 2.18. The average molecular weight is 238 g/mol. The Morgan fingerprint density at radius 1 is 1.47 bits per heavy atom. The third-order valence-electron chi connectivity index (χ3n) is 3.03. The molecule has 0 spiro atoms. The van der Waals surface area contributed by atoms with Crippen molar-refractivity contribution in [2.45, 2.75) is 25.4 Å². The van der Waals surface area contributed by atoms with Crippen LogP contribution in [0.15, 0.2) is 16.5 Å². The summed E-state index contributed by atoms with van der Waals surface area (Å²) in [6.07, 6.45) is 2.02. The van der Waals surface area contributed by atoms with Crippen molar-refractivity contribution in [3.8, 4) is 0 Å². The minimum absolute atomic E-state index is 0.246. The maximum absolute atomic E-state index is 11.2. The van der Waals surface area contributed by atoms with Crippen molar-refractivity contribution in [2.75, 3.05) is 13.1 Å². The van der Waals surface area contributed by atoms with Gasteiger partial charge < -0.3 is 10.2 Å². The second-order valence-electron chi connectivity index (χ2n) is 4.35. The Kier molecular flexibility index (Phi) is 3.78. The number of amides is 1. The molecule has 0 unspecified atom stereocenters. The van der Waals surface area contributed by atoms with Crippen molar-refractivity contribution < 1.29 is 9.21 Å². The number of hydrogen-bond donors (Lipinski definition) is 3. The Balaban J connectivity index is 1.90. The normalized spacial score (nSPS) is 18.2. The number of carbonyl (C=O) groups is 1. The van der Waals surface area contributed by atoms with Gasteiger partial charge in [-0.25, -0.2) is 5.84 Å². The molecule has 94 valence electrons. The first-order valence-electron chi connectivity index (χ1n) is 5.76. The summed E-state index contributed by atoms with van der Waals surface area (Å²) >= 11 is 0. The van der Waals surface area contributed by atoms with Gasteiger partial charge in [-0.15, -0.1) is 0 Å². The number of nitrogens with zero attached hydrogens (tertiary/aromatic N) is 1. The molecule has 1 amide bonds. The van der Waals surface area contributed by atoms with Crippen LogP contribution in [0.25, 0.3) is 0 Å². The summed E-state index contributed by atoms with van der Waals surface area (Å²) in [5.41, 5.74) is 7.88. The second-order valence-corrected chi connectivity index (χ2v) is 4.35. The van der Waals surface area contributed by atoms with Gasteiger partial charge in [0, 0.05) is 19.1 Å². The molecule has 0 bridgehead atoms. The molecule has 1 aliphatic rings. The molecule has 1 fully saturated rings. The Labute approximate surface area is 99.9 Å². The maximum Gasteiger partial charge on any atom is 0.300 e. The Morgan fingerprint density at radius 2 is 2.18 bits per heavy atom. The summed E-state index contributed by atoms with van der Waals surface area (Å²) in [4.78, 5) is 13.5. The van der Waals surface area contributed by atoms with Gasteiger partial charge in [0.1, 0.15) is 5.76 Å². The molecule has 5 N–H and O–H groups in total. The molecule has 0 aromatic carbocycles. The van der Waals surface area contributed by atoms with Crippen LogP contribution < -0.4 is 17.0 Å². The number of nitrogens with one attached hydrogen (secondary N) is 1. The van der Waals surface area contributed by atoms with Crippen molar-refractivity contribution in [1.29, 1.82) is 0 Å². The molecule has 0 aliphatic carbocycles. The van der Waals surface area contributed by atoms with E-state index in [4.69, 9.17) is 16.0 Å². The molecular formula is C11H18N4O2. The van der Waals surface area contributed by atoms with Gasteiger partial charge in [-0.2, -0.15) is 0 Å². The second kappa shape index (κ2) is 5.31. The summed E-state index contributed by atoms with van der Waals surface area (Å²) in [5, 5.41) is 0. The van der Waals surface area contributed by atoms with E-state index in [0.717, 1.165) is 31.7 Å². The molecule has 1 aliphatic heterocycles. The molecule has 0 atom stereocenters. The number of hydrogen-bond acceptors (Lipinski definition) is 5. The topological polar surface area (TPSA) is 97.5 Å². The number of nitrogen functional groups attached to an aromatic ring is 1. The van der Waals surface area contributed by atoms with Gasteiger partial charge in [0.15, 0.2) is 5.76 Å². The lowest BCUT2D eigenvalue weighted by Crippen LogP contribution is -2.39. The highest BCUT2D eigenvalue weighted by Crippen LogP contribution is 2.14. The fourth-order valence-corrected chi connectivity index (χ4v) is 1.99. The lowest BCUT2D eigenvalue weighted by molar-refractivity contribution is 0.0921. The summed E-state index contributed by atoms with van der Waals surface area (Å²) in [6.45, 7) is 2.66. The SMILES string of the molecule is NNC(=O)c1ccc(CN2CCC(N)CC2)o1. The zero-order valence-corrected chi connectivity index (χ0v) is 9.69. The van der Waals surface area contributed by atoms with Crippen LogP contribution in [0.4, 0.5) is 0 Å². The minimum atomic E-state index is -0.406. The zero-order chi connectivity index (χ0) is 12.3. The number of furan rings is 1. The first kappa shape index (κ1) is 12.1. The fraction of sp³-hybridized carbons (Fsp3) is 0.545. The highest BCUT2D eigenvalue weighted by atomic mass is 16.4. The van der Waals surface area contributed by atoms with Gasteiger partial charge in [0.05, 0.1) is 6.54 Å². The molecule has 1 aromatic heterocycles. The zero-order valence-electron chi connectivity index (χ0n) is 9.69. The highest BCUT2D eigenvalue weighted by molar-refractivity contribution is 5.90. The summed E-state index contributed by atoms with van der Waals surface area (Å²) in [7, 11) is 0. The van der Waals surface area contributed by atoms with Crippen LogP contribution in [0.3, 0.4) is 0 Å². The number of carbonyl (C=O) groups excluding carboxylic acids is 1. The van der Waals surface area contributed by atoms with E-state index in [1.807, 2.05) is 5.43 Å². The number of hydrazine groups is 1. The molecule has 0 saturated carbocycles. The molecule has 1 aromatic rings. The van der Waals surface area contributed by atoms with Gasteiger partial charge in [-0.1, -0.05) is 0 Å². The fourth-order valence-electron chi connectivity index (χ4n) is 1.99. The van der Waals surface area contributed by atoms with E-state index in [1.165, 1.54) is 0 Å². The van der Waals surface area contributed by atoms with Gasteiger partial charge >= 0.3 is 5.91 Å². The predicted octanol–water partition coefficient (Wildman–Crippen LogP) is -0.194. The molecule has 17 heavy (non-hydrogen) atoms. The lowest BCUT2D eigenvalue weighted by atomic mass is 10.1. The standard InChI is InChI=1S/C11H18N4O2/c12-8-3-5-15(6-4-8)7-9-1-2-10(17-9)11(16)14-13/h1-2,8H,3-7,12-13H2,(H,14,16). The van der Waals surface area contributed by atoms with E-state index < -0.39 is 5.91 Å². The van der Waals surface area contributed by atoms with Gasteiger partial charge in [-0.3, -0.25) is 15.1 Å². The smallest absolute Gasteiger partial charge is 0.300 e. The maximum atomic E-state index is 11.2. The molecule has 0 radical (unpaired) electrons. The Hall–Kier alpha value is -1.37. The monoisotopic (exact) mass is 238 g/mol. The Bertz CT molecular complexity index is 383. The number of nitrogens with two attached hydrogens (primary N) is 2. The summed E-state index contributed by atoms with van der Waals surface area (Å²) in [5.74, 6) is 5.65. The van der Waals surface area contributed by atoms with Crippen molar-refractivity contribution in [3.63, 3.8) is 0 Å². The van der Waals surface area contributed by atoms with Crippen LogP contribution in [-0.4, -0.2) is 29.9 Å². The van der Waals surface area contributed by atoms with Crippen LogP contribution in [0, 0.1) is 0 Å². The van der Waals surface area contributed by atoms with E-state index in [-0.39, 0.29) is 5.76 Å². The van der Waals surface area contributed by atoms with E-state index in [2.05, 4.69) is 4.90 Å². The number of likely N-dealkylation sites (tertiary alicyclic amines) is 1. The van der Waals surface area contributed by atoms with Crippen molar-refractivity contribution in [1.82, 2.24) is 10.3 Å². The van der Waals surface area contributed by atoms with Crippen LogP contribution >= 0.6 is 0 Å². The molecule has 6 nitrogen and oxygen atoms in total. The van der Waals surface area contributed by atoms with Gasteiger partial charge in [-0.05, 0) is 25.0 Å². The summed E-state index contributed by atoms with van der Waals surface area (Å²) in [6, 6.07) is 3.76. The molecule has 2 rings (SSSR count). The average Bonchev–Trinajstić information content (AvgIpc) is 2.80. The van der Waals surface area contributed by atoms with Crippen molar-refractivity contribution in [2.24, 2.45) is 11.6 Å². The first-order valence-corrected chi connectivity index (χ1v) is 5.76. The van der Waals surface area contributed by atoms with Crippen molar-refractivity contribution in [3.05, 3.63) is 23.7 Å². The van der Waals surface area contributed by atoms with Gasteiger partial charge in [0.25, 0.3) is 0 Å².